The van der Waals surface area contributed by atoms with Crippen molar-refractivity contribution in [3.8, 4) is 0 Å². The highest BCUT2D eigenvalue weighted by Crippen LogP contribution is 2.20. The summed E-state index contributed by atoms with van der Waals surface area (Å²) in [6.45, 7) is 4.47. The van der Waals surface area contributed by atoms with E-state index >= 15 is 0 Å². The van der Waals surface area contributed by atoms with Gasteiger partial charge in [0.2, 0.25) is 0 Å². The largest absolute Gasteiger partial charge is 0.368 e. The SMILES string of the molecule is Cc1ccc(C(=O)c2ccccc2C(=O)N2CCN(C(=O)C3CCCO3)CC2)cc1. The molecular weight excluding hydrogens is 380 g/mol. The molecule has 2 aromatic rings. The predicted molar refractivity (Wildman–Crippen MR) is 113 cm³/mol. The molecule has 2 heterocycles. The second kappa shape index (κ2) is 8.79. The van der Waals surface area contributed by atoms with Crippen LogP contribution in [0.3, 0.4) is 0 Å². The second-order valence-corrected chi connectivity index (χ2v) is 7.86. The smallest absolute Gasteiger partial charge is 0.254 e. The number of ether oxygens (including phenoxy) is 1. The molecule has 2 saturated heterocycles. The van der Waals surface area contributed by atoms with Gasteiger partial charge in [0, 0.05) is 43.9 Å². The third-order valence-electron chi connectivity index (χ3n) is 5.80. The topological polar surface area (TPSA) is 66.9 Å². The Hall–Kier alpha value is -2.99. The minimum Gasteiger partial charge on any atom is -0.368 e. The second-order valence-electron chi connectivity index (χ2n) is 7.86. The van der Waals surface area contributed by atoms with E-state index in [9.17, 15) is 14.4 Å². The highest BCUT2D eigenvalue weighted by Gasteiger charge is 2.32. The number of hydrogen-bond donors (Lipinski definition) is 0. The van der Waals surface area contributed by atoms with Gasteiger partial charge in [0.25, 0.3) is 11.8 Å². The Labute approximate surface area is 176 Å². The van der Waals surface area contributed by atoms with Crippen LogP contribution in [0.4, 0.5) is 0 Å². The van der Waals surface area contributed by atoms with E-state index in [0.717, 1.165) is 18.4 Å². The summed E-state index contributed by atoms with van der Waals surface area (Å²) in [7, 11) is 0. The zero-order valence-electron chi connectivity index (χ0n) is 17.2. The van der Waals surface area contributed by atoms with E-state index in [1.165, 1.54) is 0 Å². The maximum atomic E-state index is 13.2. The molecule has 30 heavy (non-hydrogen) atoms. The van der Waals surface area contributed by atoms with E-state index in [1.807, 2.05) is 19.1 Å². The predicted octanol–water partition coefficient (Wildman–Crippen LogP) is 2.69. The molecule has 2 aromatic carbocycles. The fourth-order valence-corrected chi connectivity index (χ4v) is 4.00. The van der Waals surface area contributed by atoms with Gasteiger partial charge in [-0.2, -0.15) is 0 Å². The lowest BCUT2D eigenvalue weighted by Gasteiger charge is -2.36. The van der Waals surface area contributed by atoms with Crippen LogP contribution in [0.25, 0.3) is 0 Å². The van der Waals surface area contributed by atoms with Gasteiger partial charge in [0.15, 0.2) is 5.78 Å². The van der Waals surface area contributed by atoms with E-state index in [-0.39, 0.29) is 23.7 Å². The first-order valence-electron chi connectivity index (χ1n) is 10.4. The van der Waals surface area contributed by atoms with Gasteiger partial charge in [-0.15, -0.1) is 0 Å². The average Bonchev–Trinajstić information content (AvgIpc) is 3.33. The fourth-order valence-electron chi connectivity index (χ4n) is 4.00. The van der Waals surface area contributed by atoms with Crippen LogP contribution in [0.1, 0.15) is 44.7 Å². The highest BCUT2D eigenvalue weighted by atomic mass is 16.5. The Morgan fingerprint density at radius 2 is 1.50 bits per heavy atom. The lowest BCUT2D eigenvalue weighted by Crippen LogP contribution is -2.53. The molecule has 1 atom stereocenters. The van der Waals surface area contributed by atoms with E-state index in [2.05, 4.69) is 0 Å². The number of hydrogen-bond acceptors (Lipinski definition) is 4. The molecule has 2 aliphatic rings. The molecule has 0 N–H and O–H groups in total. The molecule has 2 fully saturated rings. The molecule has 0 radical (unpaired) electrons. The summed E-state index contributed by atoms with van der Waals surface area (Å²) >= 11 is 0. The molecule has 6 nitrogen and oxygen atoms in total. The molecule has 0 spiro atoms. The van der Waals surface area contributed by atoms with Crippen LogP contribution in [-0.4, -0.2) is 66.3 Å². The first kappa shape index (κ1) is 20.3. The van der Waals surface area contributed by atoms with Gasteiger partial charge in [0.1, 0.15) is 6.10 Å². The Morgan fingerprint density at radius 1 is 0.867 bits per heavy atom. The Balaban J connectivity index is 1.46. The Bertz CT molecular complexity index is 940. The average molecular weight is 406 g/mol. The molecule has 156 valence electrons. The molecule has 1 unspecified atom stereocenters. The number of rotatable bonds is 4. The number of carbonyl (C=O) groups excluding carboxylic acids is 3. The number of piperazine rings is 1. The van der Waals surface area contributed by atoms with Gasteiger partial charge >= 0.3 is 0 Å². The van der Waals surface area contributed by atoms with Crippen molar-refractivity contribution >= 4 is 17.6 Å². The molecule has 4 rings (SSSR count). The van der Waals surface area contributed by atoms with Crippen LogP contribution >= 0.6 is 0 Å². The van der Waals surface area contributed by atoms with E-state index < -0.39 is 0 Å². The first-order valence-corrected chi connectivity index (χ1v) is 10.4. The summed E-state index contributed by atoms with van der Waals surface area (Å²) in [6, 6.07) is 14.3. The van der Waals surface area contributed by atoms with Gasteiger partial charge in [0.05, 0.1) is 5.56 Å². The molecule has 0 aliphatic carbocycles. The minimum absolute atomic E-state index is 0.0227. The number of aryl methyl sites for hydroxylation is 1. The monoisotopic (exact) mass is 406 g/mol. The minimum atomic E-state index is -0.333. The van der Waals surface area contributed by atoms with E-state index in [0.29, 0.717) is 49.5 Å². The van der Waals surface area contributed by atoms with Crippen LogP contribution in [0, 0.1) is 6.92 Å². The molecule has 0 aromatic heterocycles. The summed E-state index contributed by atoms with van der Waals surface area (Å²) in [5.41, 5.74) is 2.45. The first-order chi connectivity index (χ1) is 14.5. The Morgan fingerprint density at radius 3 is 2.13 bits per heavy atom. The fraction of sp³-hybridized carbons (Fsp3) is 0.375. The zero-order chi connectivity index (χ0) is 21.1. The van der Waals surface area contributed by atoms with Gasteiger partial charge in [-0.1, -0.05) is 48.0 Å². The van der Waals surface area contributed by atoms with Crippen molar-refractivity contribution in [2.24, 2.45) is 0 Å². The number of benzene rings is 2. The molecule has 0 saturated carbocycles. The number of nitrogens with zero attached hydrogens (tertiary/aromatic N) is 2. The van der Waals surface area contributed by atoms with Crippen molar-refractivity contribution in [3.05, 3.63) is 70.8 Å². The molecule has 0 bridgehead atoms. The summed E-state index contributed by atoms with van der Waals surface area (Å²) in [4.78, 5) is 42.2. The van der Waals surface area contributed by atoms with Gasteiger partial charge in [-0.05, 0) is 25.8 Å². The third kappa shape index (κ3) is 4.14. The third-order valence-corrected chi connectivity index (χ3v) is 5.80. The van der Waals surface area contributed by atoms with Crippen molar-refractivity contribution in [1.82, 2.24) is 9.80 Å². The quantitative estimate of drug-likeness (QED) is 0.733. The number of ketones is 1. The van der Waals surface area contributed by atoms with Crippen molar-refractivity contribution in [3.63, 3.8) is 0 Å². The van der Waals surface area contributed by atoms with Crippen molar-refractivity contribution < 1.29 is 19.1 Å². The summed E-state index contributed by atoms with van der Waals surface area (Å²) in [6.07, 6.45) is 1.35. The van der Waals surface area contributed by atoms with Crippen LogP contribution < -0.4 is 0 Å². The number of amides is 2. The maximum absolute atomic E-state index is 13.2. The van der Waals surface area contributed by atoms with E-state index in [4.69, 9.17) is 4.74 Å². The van der Waals surface area contributed by atoms with Crippen molar-refractivity contribution in [1.29, 1.82) is 0 Å². The lowest BCUT2D eigenvalue weighted by molar-refractivity contribution is -0.142. The van der Waals surface area contributed by atoms with Crippen LogP contribution in [0.15, 0.2) is 48.5 Å². The summed E-state index contributed by atoms with van der Waals surface area (Å²) in [5.74, 6) is -0.309. The summed E-state index contributed by atoms with van der Waals surface area (Å²) in [5, 5.41) is 0. The van der Waals surface area contributed by atoms with Gasteiger partial charge in [-0.3, -0.25) is 14.4 Å². The lowest BCUT2D eigenvalue weighted by atomic mass is 9.97. The van der Waals surface area contributed by atoms with Crippen LogP contribution in [0.2, 0.25) is 0 Å². The Kier molecular flexibility index (Phi) is 5.95. The molecular formula is C24H26N2O4. The van der Waals surface area contributed by atoms with Crippen LogP contribution in [-0.2, 0) is 9.53 Å². The van der Waals surface area contributed by atoms with Crippen molar-refractivity contribution in [2.45, 2.75) is 25.9 Å². The molecule has 2 aliphatic heterocycles. The van der Waals surface area contributed by atoms with E-state index in [1.54, 1.807) is 46.2 Å². The maximum Gasteiger partial charge on any atom is 0.254 e. The normalized spacial score (nSPS) is 19.0. The molecule has 2 amide bonds. The van der Waals surface area contributed by atoms with Gasteiger partial charge < -0.3 is 14.5 Å². The zero-order valence-corrected chi connectivity index (χ0v) is 17.2. The van der Waals surface area contributed by atoms with Crippen molar-refractivity contribution in [2.75, 3.05) is 32.8 Å². The highest BCUT2D eigenvalue weighted by molar-refractivity contribution is 6.15. The number of carbonyl (C=O) groups is 3. The van der Waals surface area contributed by atoms with Gasteiger partial charge in [-0.25, -0.2) is 0 Å². The standard InChI is InChI=1S/C24H26N2O4/c1-17-8-10-18(11-9-17)22(27)19-5-2-3-6-20(19)23(28)25-12-14-26(15-13-25)24(29)21-7-4-16-30-21/h2-3,5-6,8-11,21H,4,7,12-16H2,1H3. The molecule has 6 heteroatoms. The van der Waals surface area contributed by atoms with Crippen LogP contribution in [0.5, 0.6) is 0 Å². The summed E-state index contributed by atoms with van der Waals surface area (Å²) < 4.78 is 5.49.